The van der Waals surface area contributed by atoms with E-state index in [-0.39, 0.29) is 0 Å². The number of rotatable bonds is 14. The Labute approximate surface area is 152 Å². The minimum absolute atomic E-state index is 0.427. The van der Waals surface area contributed by atoms with Gasteiger partial charge in [-0.3, -0.25) is 0 Å². The van der Waals surface area contributed by atoms with Crippen LogP contribution in [-0.2, 0) is 9.47 Å². The normalized spacial score (nSPS) is 29.9. The van der Waals surface area contributed by atoms with Crippen LogP contribution in [0.25, 0.3) is 0 Å². The highest BCUT2D eigenvalue weighted by Gasteiger charge is 2.43. The van der Waals surface area contributed by atoms with Gasteiger partial charge in [0.15, 0.2) is 6.29 Å². The van der Waals surface area contributed by atoms with Gasteiger partial charge in [-0.05, 0) is 6.42 Å². The fraction of sp³-hybridized carbons (Fsp3) is 1.00. The minimum atomic E-state index is -1.37. The lowest BCUT2D eigenvalue weighted by molar-refractivity contribution is -0.301. The fourth-order valence-corrected chi connectivity index (χ4v) is 3.17. The van der Waals surface area contributed by atoms with E-state index in [0.29, 0.717) is 6.61 Å². The van der Waals surface area contributed by atoms with Crippen LogP contribution in [0.3, 0.4) is 0 Å². The summed E-state index contributed by atoms with van der Waals surface area (Å²) in [5.74, 6) is 0. The molecule has 0 aliphatic carbocycles. The summed E-state index contributed by atoms with van der Waals surface area (Å²) in [6.45, 7) is 2.24. The van der Waals surface area contributed by atoms with Crippen LogP contribution >= 0.6 is 0 Å². The Morgan fingerprint density at radius 2 is 1.24 bits per heavy atom. The molecule has 0 aromatic heterocycles. The van der Waals surface area contributed by atoms with Gasteiger partial charge < -0.3 is 29.9 Å². The molecule has 0 saturated carbocycles. The average Bonchev–Trinajstić information content (AvgIpc) is 2.62. The maximum Gasteiger partial charge on any atom is 0.186 e. The molecule has 1 unspecified atom stereocenters. The summed E-state index contributed by atoms with van der Waals surface area (Å²) >= 11 is 0. The van der Waals surface area contributed by atoms with Crippen LogP contribution in [0, 0.1) is 0 Å². The van der Waals surface area contributed by atoms with E-state index in [0.717, 1.165) is 12.8 Å². The Kier molecular flexibility index (Phi) is 12.7. The topological polar surface area (TPSA) is 99.4 Å². The maximum atomic E-state index is 9.86. The zero-order chi connectivity index (χ0) is 18.5. The van der Waals surface area contributed by atoms with E-state index >= 15 is 0 Å². The SMILES string of the molecule is CCCCCCCCCCCCCOC1O[C@H](CO)[C@@H](O)[C@H](O)[C@H]1O. The van der Waals surface area contributed by atoms with Crippen molar-refractivity contribution in [2.45, 2.75) is 108 Å². The Hall–Kier alpha value is -0.240. The quantitative estimate of drug-likeness (QED) is 0.353. The third-order valence-electron chi connectivity index (χ3n) is 4.88. The number of hydrogen-bond acceptors (Lipinski definition) is 6. The van der Waals surface area contributed by atoms with Crippen LogP contribution < -0.4 is 0 Å². The molecule has 1 aliphatic rings. The summed E-state index contributed by atoms with van der Waals surface area (Å²) in [5.41, 5.74) is 0. The number of ether oxygens (including phenoxy) is 2. The second kappa shape index (κ2) is 13.9. The van der Waals surface area contributed by atoms with Crippen LogP contribution in [0.1, 0.15) is 77.6 Å². The molecular weight excluding hydrogens is 324 g/mol. The summed E-state index contributed by atoms with van der Waals surface area (Å²) in [7, 11) is 0. The molecule has 0 spiro atoms. The van der Waals surface area contributed by atoms with Gasteiger partial charge in [-0.1, -0.05) is 71.1 Å². The molecule has 1 saturated heterocycles. The van der Waals surface area contributed by atoms with Crippen molar-refractivity contribution in [2.75, 3.05) is 13.2 Å². The molecule has 0 radical (unpaired) electrons. The zero-order valence-corrected chi connectivity index (χ0v) is 15.7. The average molecular weight is 363 g/mol. The number of hydrogen-bond donors (Lipinski definition) is 4. The van der Waals surface area contributed by atoms with E-state index in [9.17, 15) is 15.3 Å². The first-order valence-electron chi connectivity index (χ1n) is 10.0. The summed E-state index contributed by atoms with van der Waals surface area (Å²) in [6.07, 6.45) is 7.79. The maximum absolute atomic E-state index is 9.86. The van der Waals surface area contributed by atoms with Crippen molar-refractivity contribution >= 4 is 0 Å². The van der Waals surface area contributed by atoms with Gasteiger partial charge in [0.2, 0.25) is 0 Å². The first kappa shape index (κ1) is 22.8. The molecular formula is C19H38O6. The van der Waals surface area contributed by atoms with E-state index in [1.807, 2.05) is 0 Å². The van der Waals surface area contributed by atoms with Gasteiger partial charge in [0.1, 0.15) is 24.4 Å². The molecule has 1 rings (SSSR count). The lowest BCUT2D eigenvalue weighted by atomic mass is 9.99. The molecule has 1 fully saturated rings. The summed E-state index contributed by atoms with van der Waals surface area (Å²) in [6, 6.07) is 0. The number of aliphatic hydroxyl groups excluding tert-OH is 4. The fourth-order valence-electron chi connectivity index (χ4n) is 3.17. The van der Waals surface area contributed by atoms with Crippen molar-refractivity contribution in [3.8, 4) is 0 Å². The predicted molar refractivity (Wildman–Crippen MR) is 96.2 cm³/mol. The largest absolute Gasteiger partial charge is 0.394 e. The smallest absolute Gasteiger partial charge is 0.186 e. The first-order chi connectivity index (χ1) is 12.1. The van der Waals surface area contributed by atoms with Crippen molar-refractivity contribution < 1.29 is 29.9 Å². The van der Waals surface area contributed by atoms with E-state index in [1.165, 1.54) is 57.8 Å². The molecule has 0 aromatic rings. The van der Waals surface area contributed by atoms with E-state index in [1.54, 1.807) is 0 Å². The van der Waals surface area contributed by atoms with Crippen molar-refractivity contribution in [1.82, 2.24) is 0 Å². The van der Waals surface area contributed by atoms with Gasteiger partial charge in [0, 0.05) is 6.61 Å². The molecule has 150 valence electrons. The molecule has 0 amide bonds. The van der Waals surface area contributed by atoms with Crippen LogP contribution in [0.2, 0.25) is 0 Å². The van der Waals surface area contributed by atoms with Gasteiger partial charge in [-0.15, -0.1) is 0 Å². The minimum Gasteiger partial charge on any atom is -0.394 e. The highest BCUT2D eigenvalue weighted by atomic mass is 16.7. The lowest BCUT2D eigenvalue weighted by Gasteiger charge is -2.39. The molecule has 0 aromatic carbocycles. The molecule has 25 heavy (non-hydrogen) atoms. The molecule has 1 heterocycles. The second-order valence-electron chi connectivity index (χ2n) is 7.10. The third-order valence-corrected chi connectivity index (χ3v) is 4.88. The van der Waals surface area contributed by atoms with Crippen LogP contribution in [-0.4, -0.2) is 64.3 Å². The third kappa shape index (κ3) is 8.80. The Balaban J connectivity index is 1.99. The molecule has 5 atom stereocenters. The van der Waals surface area contributed by atoms with E-state index < -0.39 is 37.3 Å². The van der Waals surface area contributed by atoms with Gasteiger partial charge in [0.05, 0.1) is 6.61 Å². The molecule has 6 nitrogen and oxygen atoms in total. The van der Waals surface area contributed by atoms with E-state index in [2.05, 4.69) is 6.92 Å². The summed E-state index contributed by atoms with van der Waals surface area (Å²) < 4.78 is 10.8. The van der Waals surface area contributed by atoms with E-state index in [4.69, 9.17) is 14.6 Å². The number of unbranched alkanes of at least 4 members (excludes halogenated alkanes) is 10. The lowest BCUT2D eigenvalue weighted by Crippen LogP contribution is -2.59. The molecule has 4 N–H and O–H groups in total. The molecule has 1 aliphatic heterocycles. The van der Waals surface area contributed by atoms with Crippen molar-refractivity contribution in [2.24, 2.45) is 0 Å². The van der Waals surface area contributed by atoms with Crippen molar-refractivity contribution in [3.05, 3.63) is 0 Å². The first-order valence-corrected chi connectivity index (χ1v) is 10.0. The second-order valence-corrected chi connectivity index (χ2v) is 7.10. The van der Waals surface area contributed by atoms with Gasteiger partial charge in [0.25, 0.3) is 0 Å². The predicted octanol–water partition coefficient (Wildman–Crippen LogP) is 2.11. The monoisotopic (exact) mass is 362 g/mol. The van der Waals surface area contributed by atoms with Gasteiger partial charge >= 0.3 is 0 Å². The highest BCUT2D eigenvalue weighted by molar-refractivity contribution is 4.88. The van der Waals surface area contributed by atoms with Crippen LogP contribution in [0.15, 0.2) is 0 Å². The van der Waals surface area contributed by atoms with Crippen LogP contribution in [0.5, 0.6) is 0 Å². The Morgan fingerprint density at radius 3 is 1.76 bits per heavy atom. The number of aliphatic hydroxyl groups is 4. The van der Waals surface area contributed by atoms with Crippen LogP contribution in [0.4, 0.5) is 0 Å². The van der Waals surface area contributed by atoms with Crippen molar-refractivity contribution in [3.63, 3.8) is 0 Å². The Morgan fingerprint density at radius 1 is 0.720 bits per heavy atom. The van der Waals surface area contributed by atoms with Crippen molar-refractivity contribution in [1.29, 1.82) is 0 Å². The van der Waals surface area contributed by atoms with Gasteiger partial charge in [-0.25, -0.2) is 0 Å². The standard InChI is InChI=1S/C19H38O6/c1-2-3-4-5-6-7-8-9-10-11-12-13-24-19-18(23)17(22)16(21)15(14-20)25-19/h15-23H,2-14H2,1H3/t15-,16-,17+,18-,19?/m1/s1. The zero-order valence-electron chi connectivity index (χ0n) is 15.7. The summed E-state index contributed by atoms with van der Waals surface area (Å²) in [4.78, 5) is 0. The highest BCUT2D eigenvalue weighted by Crippen LogP contribution is 2.22. The van der Waals surface area contributed by atoms with Gasteiger partial charge in [-0.2, -0.15) is 0 Å². The summed E-state index contributed by atoms with van der Waals surface area (Å²) in [5, 5.41) is 38.4. The Bertz CT molecular complexity index is 312. The molecule has 0 bridgehead atoms. The molecule has 6 heteroatoms.